The standard InChI is InChI=1S/C82H62N2O/c1-49-27-37-62-64-40-34-56(47-74(64)80(4,5)72(62)43-49)83(57-35-41-65-63-38-28-50(2)44-73(63)81(6,7)75(65)48-57)54-33-39-58(51(3)45-54)52-29-31-53(32-30-52)84(76-24-16-26-78-79(76)66-20-11-15-25-77(66)85-78)55-36-42-71-67(46-55)61-19-10-14-23-70(61)82(71)68-21-12-8-17-59(68)60-18-9-13-22-69(60)82/h8-48H,1-7H3. The summed E-state index contributed by atoms with van der Waals surface area (Å²) in [5.41, 5.74) is 35.1. The normalized spacial score (nSPS) is 14.6. The highest BCUT2D eigenvalue weighted by molar-refractivity contribution is 6.13. The number of rotatable bonds is 7. The average Bonchev–Trinajstić information content (AvgIpc) is 1.97. The van der Waals surface area contributed by atoms with Crippen molar-refractivity contribution < 1.29 is 4.42 Å². The van der Waals surface area contributed by atoms with Crippen molar-refractivity contribution in [1.82, 2.24) is 0 Å². The number of fused-ring (bicyclic) bond motifs is 19. The molecule has 13 aromatic rings. The van der Waals surface area contributed by atoms with Gasteiger partial charge in [-0.25, -0.2) is 0 Å². The van der Waals surface area contributed by atoms with E-state index in [1.807, 2.05) is 0 Å². The Morgan fingerprint density at radius 3 is 1.29 bits per heavy atom. The zero-order valence-electron chi connectivity index (χ0n) is 49.0. The van der Waals surface area contributed by atoms with Crippen molar-refractivity contribution in [1.29, 1.82) is 0 Å². The van der Waals surface area contributed by atoms with E-state index in [0.717, 1.165) is 61.6 Å². The lowest BCUT2D eigenvalue weighted by Gasteiger charge is -2.31. The van der Waals surface area contributed by atoms with Gasteiger partial charge in [-0.15, -0.1) is 0 Å². The van der Waals surface area contributed by atoms with E-state index in [2.05, 4.69) is 307 Å². The minimum absolute atomic E-state index is 0.151. The van der Waals surface area contributed by atoms with Gasteiger partial charge in [-0.2, -0.15) is 0 Å². The van der Waals surface area contributed by atoms with Gasteiger partial charge < -0.3 is 14.2 Å². The first kappa shape index (κ1) is 49.6. The molecule has 0 saturated heterocycles. The Hall–Kier alpha value is -9.96. The Balaban J connectivity index is 0.793. The maximum absolute atomic E-state index is 6.60. The highest BCUT2D eigenvalue weighted by Crippen LogP contribution is 2.64. The van der Waals surface area contributed by atoms with Gasteiger partial charge in [0.2, 0.25) is 0 Å². The number of hydrogen-bond acceptors (Lipinski definition) is 3. The van der Waals surface area contributed by atoms with Crippen LogP contribution in [0.1, 0.15) is 88.9 Å². The number of para-hydroxylation sites is 1. The summed E-state index contributed by atoms with van der Waals surface area (Å²) in [7, 11) is 0. The van der Waals surface area contributed by atoms with Crippen LogP contribution in [0.15, 0.2) is 253 Å². The van der Waals surface area contributed by atoms with E-state index < -0.39 is 5.41 Å². The predicted octanol–water partition coefficient (Wildman–Crippen LogP) is 22.1. The van der Waals surface area contributed by atoms with Crippen LogP contribution < -0.4 is 9.80 Å². The Kier molecular flexibility index (Phi) is 10.4. The number of anilines is 6. The van der Waals surface area contributed by atoms with Gasteiger partial charge in [0.25, 0.3) is 0 Å². The van der Waals surface area contributed by atoms with E-state index in [4.69, 9.17) is 4.42 Å². The molecule has 1 heterocycles. The zero-order valence-corrected chi connectivity index (χ0v) is 49.0. The van der Waals surface area contributed by atoms with Crippen molar-refractivity contribution in [2.24, 2.45) is 0 Å². The lowest BCUT2D eigenvalue weighted by molar-refractivity contribution is 0.659. The molecule has 0 radical (unpaired) electrons. The lowest BCUT2D eigenvalue weighted by Crippen LogP contribution is -2.25. The van der Waals surface area contributed by atoms with Gasteiger partial charge in [0.15, 0.2) is 0 Å². The fourth-order valence-corrected chi connectivity index (χ4v) is 15.9. The molecule has 17 rings (SSSR count). The molecule has 4 aliphatic rings. The largest absolute Gasteiger partial charge is 0.456 e. The van der Waals surface area contributed by atoms with Gasteiger partial charge in [0.05, 0.1) is 16.5 Å². The molecule has 3 heteroatoms. The van der Waals surface area contributed by atoms with E-state index in [0.29, 0.717) is 0 Å². The third-order valence-electron chi connectivity index (χ3n) is 19.9. The van der Waals surface area contributed by atoms with Gasteiger partial charge in [0, 0.05) is 44.7 Å². The first-order valence-electron chi connectivity index (χ1n) is 30.1. The number of nitrogens with zero attached hydrogens (tertiary/aromatic N) is 2. The van der Waals surface area contributed by atoms with Gasteiger partial charge >= 0.3 is 0 Å². The van der Waals surface area contributed by atoms with Crippen LogP contribution in [0, 0.1) is 20.8 Å². The second-order valence-electron chi connectivity index (χ2n) is 25.4. The first-order chi connectivity index (χ1) is 41.4. The first-order valence-corrected chi connectivity index (χ1v) is 30.1. The van der Waals surface area contributed by atoms with E-state index in [-0.39, 0.29) is 10.8 Å². The van der Waals surface area contributed by atoms with Gasteiger partial charge in [0.1, 0.15) is 11.2 Å². The maximum atomic E-state index is 6.60. The predicted molar refractivity (Wildman–Crippen MR) is 354 cm³/mol. The quantitative estimate of drug-likeness (QED) is 0.159. The van der Waals surface area contributed by atoms with Crippen LogP contribution in [-0.4, -0.2) is 0 Å². The lowest BCUT2D eigenvalue weighted by atomic mass is 9.70. The summed E-state index contributed by atoms with van der Waals surface area (Å²) < 4.78 is 6.60. The summed E-state index contributed by atoms with van der Waals surface area (Å²) in [6, 6.07) is 93.8. The molecule has 0 unspecified atom stereocenters. The van der Waals surface area contributed by atoms with Crippen LogP contribution in [0.3, 0.4) is 0 Å². The van der Waals surface area contributed by atoms with Crippen LogP contribution in [0.25, 0.3) is 77.6 Å². The smallest absolute Gasteiger partial charge is 0.137 e. The highest BCUT2D eigenvalue weighted by atomic mass is 16.3. The molecule has 406 valence electrons. The van der Waals surface area contributed by atoms with Crippen molar-refractivity contribution in [3.05, 3.63) is 310 Å². The van der Waals surface area contributed by atoms with E-state index >= 15 is 0 Å². The average molecular weight is 1090 g/mol. The van der Waals surface area contributed by atoms with Crippen molar-refractivity contribution in [2.75, 3.05) is 9.80 Å². The molecule has 0 aliphatic heterocycles. The SMILES string of the molecule is Cc1ccc2c(c1)C(C)(C)c1cc(N(c3ccc(-c4ccc(N(c5ccc6c(c5)-c5ccccc5C65c6ccccc6-c6ccccc65)c5cccc6oc7ccccc7c56)cc4)c(C)c3)c3ccc4c(c3)C(C)(C)c3cc(C)ccc3-4)ccc1-2. The zero-order chi connectivity index (χ0) is 57.3. The molecule has 1 aromatic heterocycles. The number of hydrogen-bond donors (Lipinski definition) is 0. The topological polar surface area (TPSA) is 19.6 Å². The fourth-order valence-electron chi connectivity index (χ4n) is 15.9. The van der Waals surface area contributed by atoms with E-state index in [1.165, 1.54) is 111 Å². The third kappa shape index (κ3) is 6.90. The molecule has 12 aromatic carbocycles. The van der Waals surface area contributed by atoms with E-state index in [9.17, 15) is 0 Å². The number of furan rings is 1. The molecule has 0 saturated carbocycles. The molecule has 3 nitrogen and oxygen atoms in total. The molecule has 0 N–H and O–H groups in total. The highest BCUT2D eigenvalue weighted by Gasteiger charge is 2.51. The van der Waals surface area contributed by atoms with Crippen LogP contribution in [0.2, 0.25) is 0 Å². The molecule has 85 heavy (non-hydrogen) atoms. The Morgan fingerprint density at radius 2 is 0.718 bits per heavy atom. The third-order valence-corrected chi connectivity index (χ3v) is 19.9. The van der Waals surface area contributed by atoms with Crippen LogP contribution in [0.4, 0.5) is 34.1 Å². The summed E-state index contributed by atoms with van der Waals surface area (Å²) in [4.78, 5) is 4.94. The second-order valence-corrected chi connectivity index (χ2v) is 25.4. The van der Waals surface area contributed by atoms with Crippen LogP contribution in [-0.2, 0) is 16.2 Å². The molecule has 0 fully saturated rings. The van der Waals surface area contributed by atoms with Crippen LogP contribution >= 0.6 is 0 Å². The fraction of sp³-hybridized carbons (Fsp3) is 0.122. The van der Waals surface area contributed by atoms with Crippen molar-refractivity contribution in [3.8, 4) is 55.6 Å². The molecule has 1 spiro atoms. The van der Waals surface area contributed by atoms with Gasteiger partial charge in [-0.3, -0.25) is 0 Å². The van der Waals surface area contributed by atoms with Gasteiger partial charge in [-0.05, 0) is 205 Å². The van der Waals surface area contributed by atoms with Crippen molar-refractivity contribution in [3.63, 3.8) is 0 Å². The summed E-state index contributed by atoms with van der Waals surface area (Å²) in [5.74, 6) is 0. The second kappa shape index (κ2) is 17.8. The summed E-state index contributed by atoms with van der Waals surface area (Å²) >= 11 is 0. The molecule has 4 aliphatic carbocycles. The van der Waals surface area contributed by atoms with E-state index in [1.54, 1.807) is 0 Å². The minimum Gasteiger partial charge on any atom is -0.456 e. The summed E-state index contributed by atoms with van der Waals surface area (Å²) in [5, 5.41) is 2.18. The van der Waals surface area contributed by atoms with Crippen molar-refractivity contribution in [2.45, 2.75) is 64.7 Å². The Morgan fingerprint density at radius 1 is 0.294 bits per heavy atom. The molecular weight excluding hydrogens is 1030 g/mol. The summed E-state index contributed by atoms with van der Waals surface area (Å²) in [6.07, 6.45) is 0. The summed E-state index contributed by atoms with van der Waals surface area (Å²) in [6.45, 7) is 16.2. The molecule has 0 amide bonds. The minimum atomic E-state index is -0.427. The van der Waals surface area contributed by atoms with Crippen LogP contribution in [0.5, 0.6) is 0 Å². The molecular formula is C82H62N2O. The molecule has 0 bridgehead atoms. The van der Waals surface area contributed by atoms with Crippen molar-refractivity contribution >= 4 is 56.1 Å². The monoisotopic (exact) mass is 1090 g/mol. The maximum Gasteiger partial charge on any atom is 0.137 e. The Labute approximate surface area is 497 Å². The Bertz CT molecular complexity index is 4850. The molecule has 0 atom stereocenters. The van der Waals surface area contributed by atoms with Gasteiger partial charge in [-0.1, -0.05) is 209 Å². The number of benzene rings is 12. The number of aryl methyl sites for hydroxylation is 3.